The molecular formula is C13H26N2O2. The van der Waals surface area contributed by atoms with Crippen molar-refractivity contribution in [2.75, 3.05) is 26.2 Å². The van der Waals surface area contributed by atoms with Gasteiger partial charge in [0.2, 0.25) is 5.91 Å². The molecule has 0 saturated carbocycles. The zero-order valence-electron chi connectivity index (χ0n) is 11.3. The molecule has 1 aliphatic heterocycles. The fraction of sp³-hybridized carbons (Fsp3) is 0.923. The number of aliphatic hydroxyl groups excluding tert-OH is 1. The molecule has 0 aromatic heterocycles. The van der Waals surface area contributed by atoms with Gasteiger partial charge < -0.3 is 15.3 Å². The van der Waals surface area contributed by atoms with E-state index in [0.29, 0.717) is 6.54 Å². The van der Waals surface area contributed by atoms with Gasteiger partial charge in [0.05, 0.1) is 12.0 Å². The summed E-state index contributed by atoms with van der Waals surface area (Å²) in [5, 5.41) is 12.4. The lowest BCUT2D eigenvalue weighted by Crippen LogP contribution is -2.49. The Balaban J connectivity index is 2.78. The lowest BCUT2D eigenvalue weighted by Gasteiger charge is -2.36. The van der Waals surface area contributed by atoms with Crippen molar-refractivity contribution in [3.63, 3.8) is 0 Å². The SMILES string of the molecule is CCC(CC)N(CCO)C(=O)C1(C)CCNC1. The number of carbonyl (C=O) groups is 1. The van der Waals surface area contributed by atoms with Gasteiger partial charge in [-0.1, -0.05) is 13.8 Å². The minimum atomic E-state index is -0.280. The maximum absolute atomic E-state index is 12.6. The summed E-state index contributed by atoms with van der Waals surface area (Å²) in [6.07, 6.45) is 2.80. The first-order valence-electron chi connectivity index (χ1n) is 6.71. The monoisotopic (exact) mass is 242 g/mol. The number of amides is 1. The van der Waals surface area contributed by atoms with Crippen LogP contribution in [0.3, 0.4) is 0 Å². The molecule has 1 aliphatic rings. The van der Waals surface area contributed by atoms with Crippen LogP contribution in [0.15, 0.2) is 0 Å². The Labute approximate surface area is 104 Å². The van der Waals surface area contributed by atoms with Crippen molar-refractivity contribution in [3.05, 3.63) is 0 Å². The summed E-state index contributed by atoms with van der Waals surface area (Å²) in [4.78, 5) is 14.5. The second kappa shape index (κ2) is 6.36. The first-order chi connectivity index (χ1) is 8.09. The third kappa shape index (κ3) is 3.19. The second-order valence-corrected chi connectivity index (χ2v) is 5.18. The highest BCUT2D eigenvalue weighted by molar-refractivity contribution is 5.83. The number of nitrogens with one attached hydrogen (secondary N) is 1. The lowest BCUT2D eigenvalue weighted by molar-refractivity contribution is -0.143. The van der Waals surface area contributed by atoms with Gasteiger partial charge in [-0.05, 0) is 32.7 Å². The fourth-order valence-electron chi connectivity index (χ4n) is 2.63. The largest absolute Gasteiger partial charge is 0.395 e. The van der Waals surface area contributed by atoms with Gasteiger partial charge in [-0.15, -0.1) is 0 Å². The first-order valence-corrected chi connectivity index (χ1v) is 6.71. The summed E-state index contributed by atoms with van der Waals surface area (Å²) in [6.45, 7) is 8.41. The van der Waals surface area contributed by atoms with Crippen LogP contribution >= 0.6 is 0 Å². The smallest absolute Gasteiger partial charge is 0.230 e. The van der Waals surface area contributed by atoms with Crippen molar-refractivity contribution >= 4 is 5.91 Å². The molecule has 0 spiro atoms. The maximum Gasteiger partial charge on any atom is 0.230 e. The van der Waals surface area contributed by atoms with Crippen molar-refractivity contribution in [3.8, 4) is 0 Å². The van der Waals surface area contributed by atoms with E-state index in [1.54, 1.807) is 0 Å². The Bertz CT molecular complexity index is 246. The molecular weight excluding hydrogens is 216 g/mol. The lowest BCUT2D eigenvalue weighted by atomic mass is 9.87. The number of nitrogens with zero attached hydrogens (tertiary/aromatic N) is 1. The predicted molar refractivity (Wildman–Crippen MR) is 68.8 cm³/mol. The molecule has 17 heavy (non-hydrogen) atoms. The molecule has 1 rings (SSSR count). The molecule has 1 amide bonds. The van der Waals surface area contributed by atoms with Crippen LogP contribution < -0.4 is 5.32 Å². The van der Waals surface area contributed by atoms with E-state index >= 15 is 0 Å². The normalized spacial score (nSPS) is 24.3. The van der Waals surface area contributed by atoms with E-state index in [2.05, 4.69) is 19.2 Å². The summed E-state index contributed by atoms with van der Waals surface area (Å²) >= 11 is 0. The highest BCUT2D eigenvalue weighted by atomic mass is 16.3. The Kier molecular flexibility index (Phi) is 5.40. The Morgan fingerprint density at radius 3 is 2.53 bits per heavy atom. The van der Waals surface area contributed by atoms with Crippen molar-refractivity contribution < 1.29 is 9.90 Å². The average molecular weight is 242 g/mol. The van der Waals surface area contributed by atoms with E-state index in [9.17, 15) is 4.79 Å². The summed E-state index contributed by atoms with van der Waals surface area (Å²) < 4.78 is 0. The fourth-order valence-corrected chi connectivity index (χ4v) is 2.63. The topological polar surface area (TPSA) is 52.6 Å². The van der Waals surface area contributed by atoms with Gasteiger partial charge in [0.1, 0.15) is 0 Å². The molecule has 2 N–H and O–H groups in total. The van der Waals surface area contributed by atoms with E-state index in [-0.39, 0.29) is 24.0 Å². The minimum Gasteiger partial charge on any atom is -0.395 e. The van der Waals surface area contributed by atoms with Crippen LogP contribution in [0.1, 0.15) is 40.0 Å². The van der Waals surface area contributed by atoms with Crippen LogP contribution in [0.4, 0.5) is 0 Å². The predicted octanol–water partition coefficient (Wildman–Crippen LogP) is 0.995. The highest BCUT2D eigenvalue weighted by Gasteiger charge is 2.40. The quantitative estimate of drug-likeness (QED) is 0.730. The molecule has 1 fully saturated rings. The van der Waals surface area contributed by atoms with Gasteiger partial charge in [0.25, 0.3) is 0 Å². The summed E-state index contributed by atoms with van der Waals surface area (Å²) in [5.41, 5.74) is -0.280. The van der Waals surface area contributed by atoms with Crippen LogP contribution in [0.5, 0.6) is 0 Å². The molecule has 4 nitrogen and oxygen atoms in total. The molecule has 1 saturated heterocycles. The van der Waals surface area contributed by atoms with E-state index in [1.165, 1.54) is 0 Å². The summed E-state index contributed by atoms with van der Waals surface area (Å²) in [5.74, 6) is 0.199. The third-order valence-corrected chi connectivity index (χ3v) is 3.87. The number of hydrogen-bond acceptors (Lipinski definition) is 3. The van der Waals surface area contributed by atoms with Gasteiger partial charge in [-0.3, -0.25) is 4.79 Å². The van der Waals surface area contributed by atoms with Crippen LogP contribution in [-0.4, -0.2) is 48.2 Å². The number of aliphatic hydroxyl groups is 1. The van der Waals surface area contributed by atoms with Crippen molar-refractivity contribution in [2.24, 2.45) is 5.41 Å². The van der Waals surface area contributed by atoms with Crippen LogP contribution in [0.2, 0.25) is 0 Å². The second-order valence-electron chi connectivity index (χ2n) is 5.18. The van der Waals surface area contributed by atoms with E-state index in [4.69, 9.17) is 5.11 Å². The van der Waals surface area contributed by atoms with Gasteiger partial charge in [0.15, 0.2) is 0 Å². The highest BCUT2D eigenvalue weighted by Crippen LogP contribution is 2.28. The molecule has 0 radical (unpaired) electrons. The van der Waals surface area contributed by atoms with E-state index < -0.39 is 0 Å². The maximum atomic E-state index is 12.6. The standard InChI is InChI=1S/C13H26N2O2/c1-4-11(5-2)15(8-9-16)12(17)13(3)6-7-14-10-13/h11,14,16H,4-10H2,1-3H3. The van der Waals surface area contributed by atoms with E-state index in [0.717, 1.165) is 32.4 Å². The Hall–Kier alpha value is -0.610. The number of rotatable bonds is 6. The molecule has 0 aromatic rings. The third-order valence-electron chi connectivity index (χ3n) is 3.87. The van der Waals surface area contributed by atoms with Gasteiger partial charge in [-0.25, -0.2) is 0 Å². The van der Waals surface area contributed by atoms with Crippen molar-refractivity contribution in [2.45, 2.75) is 46.1 Å². The Morgan fingerprint density at radius 2 is 2.12 bits per heavy atom. The molecule has 0 aliphatic carbocycles. The summed E-state index contributed by atoms with van der Waals surface area (Å²) in [7, 11) is 0. The minimum absolute atomic E-state index is 0.0474. The van der Waals surface area contributed by atoms with Gasteiger partial charge in [-0.2, -0.15) is 0 Å². The number of carbonyl (C=O) groups excluding carboxylic acids is 1. The average Bonchev–Trinajstić information content (AvgIpc) is 2.77. The first kappa shape index (κ1) is 14.5. The van der Waals surface area contributed by atoms with Crippen molar-refractivity contribution in [1.82, 2.24) is 10.2 Å². The van der Waals surface area contributed by atoms with Crippen LogP contribution in [-0.2, 0) is 4.79 Å². The number of hydrogen-bond donors (Lipinski definition) is 2. The molecule has 0 aromatic carbocycles. The molecule has 100 valence electrons. The zero-order chi connectivity index (χ0) is 12.9. The zero-order valence-corrected chi connectivity index (χ0v) is 11.3. The Morgan fingerprint density at radius 1 is 1.47 bits per heavy atom. The molecule has 1 atom stereocenters. The summed E-state index contributed by atoms with van der Waals surface area (Å²) in [6, 6.07) is 0.257. The van der Waals surface area contributed by atoms with Gasteiger partial charge >= 0.3 is 0 Å². The molecule has 0 bridgehead atoms. The van der Waals surface area contributed by atoms with Crippen LogP contribution in [0.25, 0.3) is 0 Å². The molecule has 1 unspecified atom stereocenters. The van der Waals surface area contributed by atoms with Crippen molar-refractivity contribution in [1.29, 1.82) is 0 Å². The van der Waals surface area contributed by atoms with E-state index in [1.807, 2.05) is 11.8 Å². The van der Waals surface area contributed by atoms with Gasteiger partial charge in [0, 0.05) is 19.1 Å². The van der Waals surface area contributed by atoms with Crippen LogP contribution in [0, 0.1) is 5.41 Å². The molecule has 1 heterocycles. The molecule has 4 heteroatoms.